The summed E-state index contributed by atoms with van der Waals surface area (Å²) in [4.78, 5) is 0. The lowest BCUT2D eigenvalue weighted by Crippen LogP contribution is -2.27. The van der Waals surface area contributed by atoms with Crippen molar-refractivity contribution in [2.45, 2.75) is 54.4 Å². The Balaban J connectivity index is 4.70. The molecular formula is C13H29O3P. The predicted octanol–water partition coefficient (Wildman–Crippen LogP) is 4.71. The highest BCUT2D eigenvalue weighted by Crippen LogP contribution is 2.53. The lowest BCUT2D eigenvalue weighted by atomic mass is 9.75. The van der Waals surface area contributed by atoms with Crippen LogP contribution in [0.25, 0.3) is 0 Å². The van der Waals surface area contributed by atoms with E-state index in [0.29, 0.717) is 25.3 Å². The SMILES string of the molecule is CCOP(=O)(CC(C)C(C)(CC)CC)OCC. The number of hydrogen-bond acceptors (Lipinski definition) is 3. The summed E-state index contributed by atoms with van der Waals surface area (Å²) in [6.07, 6.45) is 2.69. The first-order chi connectivity index (χ1) is 7.87. The Morgan fingerprint density at radius 3 is 1.76 bits per heavy atom. The van der Waals surface area contributed by atoms with E-state index >= 15 is 0 Å². The fourth-order valence-corrected chi connectivity index (χ4v) is 4.22. The van der Waals surface area contributed by atoms with Gasteiger partial charge in [0, 0.05) is 0 Å². The smallest absolute Gasteiger partial charge is 0.309 e. The van der Waals surface area contributed by atoms with Crippen molar-refractivity contribution in [3.05, 3.63) is 0 Å². The van der Waals surface area contributed by atoms with Gasteiger partial charge in [0.15, 0.2) is 0 Å². The van der Waals surface area contributed by atoms with Gasteiger partial charge in [-0.1, -0.05) is 40.5 Å². The molecule has 17 heavy (non-hydrogen) atoms. The molecule has 0 aromatic heterocycles. The summed E-state index contributed by atoms with van der Waals surface area (Å²) in [5, 5.41) is 0. The summed E-state index contributed by atoms with van der Waals surface area (Å²) in [7, 11) is -2.90. The van der Waals surface area contributed by atoms with E-state index in [9.17, 15) is 4.57 Å². The van der Waals surface area contributed by atoms with Crippen LogP contribution in [0.4, 0.5) is 0 Å². The van der Waals surface area contributed by atoms with Crippen LogP contribution >= 0.6 is 7.60 Å². The van der Waals surface area contributed by atoms with Gasteiger partial charge in [-0.15, -0.1) is 0 Å². The van der Waals surface area contributed by atoms with Crippen LogP contribution in [0.5, 0.6) is 0 Å². The van der Waals surface area contributed by atoms with Crippen molar-refractivity contribution in [3.63, 3.8) is 0 Å². The molecule has 4 heteroatoms. The standard InChI is InChI=1S/C13H29O3P/c1-7-13(6,8-2)12(5)11-17(14,15-9-3)16-10-4/h12H,7-11H2,1-6H3. The first kappa shape index (κ1) is 17.2. The molecule has 0 heterocycles. The van der Waals surface area contributed by atoms with Crippen LogP contribution < -0.4 is 0 Å². The molecule has 0 radical (unpaired) electrons. The Kier molecular flexibility index (Phi) is 7.62. The van der Waals surface area contributed by atoms with Crippen molar-refractivity contribution < 1.29 is 13.6 Å². The first-order valence-electron chi connectivity index (χ1n) is 6.75. The fourth-order valence-electron chi connectivity index (χ4n) is 2.04. The van der Waals surface area contributed by atoms with E-state index < -0.39 is 7.60 Å². The monoisotopic (exact) mass is 264 g/mol. The summed E-state index contributed by atoms with van der Waals surface area (Å²) >= 11 is 0. The topological polar surface area (TPSA) is 35.5 Å². The number of rotatable bonds is 9. The molecule has 1 unspecified atom stereocenters. The fraction of sp³-hybridized carbons (Fsp3) is 1.00. The van der Waals surface area contributed by atoms with Crippen molar-refractivity contribution >= 4 is 7.60 Å². The third-order valence-corrected chi connectivity index (χ3v) is 6.25. The molecule has 1 atom stereocenters. The van der Waals surface area contributed by atoms with E-state index in [1.54, 1.807) is 0 Å². The maximum absolute atomic E-state index is 12.5. The molecule has 0 amide bonds. The molecule has 0 bridgehead atoms. The Morgan fingerprint density at radius 2 is 1.47 bits per heavy atom. The summed E-state index contributed by atoms with van der Waals surface area (Å²) in [5.41, 5.74) is 0.212. The summed E-state index contributed by atoms with van der Waals surface area (Å²) in [6.45, 7) is 13.4. The molecule has 104 valence electrons. The Morgan fingerprint density at radius 1 is 1.06 bits per heavy atom. The third kappa shape index (κ3) is 5.11. The predicted molar refractivity (Wildman–Crippen MR) is 73.6 cm³/mol. The zero-order valence-electron chi connectivity index (χ0n) is 12.3. The van der Waals surface area contributed by atoms with E-state index in [1.807, 2.05) is 13.8 Å². The van der Waals surface area contributed by atoms with Crippen LogP contribution in [0.3, 0.4) is 0 Å². The van der Waals surface area contributed by atoms with Gasteiger partial charge < -0.3 is 9.05 Å². The quantitative estimate of drug-likeness (QED) is 0.565. The molecule has 0 saturated heterocycles. The van der Waals surface area contributed by atoms with Crippen molar-refractivity contribution in [2.24, 2.45) is 11.3 Å². The molecule has 3 nitrogen and oxygen atoms in total. The number of hydrogen-bond donors (Lipinski definition) is 0. The average molecular weight is 264 g/mol. The minimum Gasteiger partial charge on any atom is -0.309 e. The zero-order valence-corrected chi connectivity index (χ0v) is 13.2. The van der Waals surface area contributed by atoms with Crippen molar-refractivity contribution in [1.29, 1.82) is 0 Å². The van der Waals surface area contributed by atoms with Crippen LogP contribution in [-0.4, -0.2) is 19.4 Å². The van der Waals surface area contributed by atoms with Crippen LogP contribution in [0.2, 0.25) is 0 Å². The van der Waals surface area contributed by atoms with Gasteiger partial charge in [0.2, 0.25) is 0 Å². The molecule has 0 rings (SSSR count). The van der Waals surface area contributed by atoms with Gasteiger partial charge in [-0.05, 0) is 25.2 Å². The molecule has 0 aromatic carbocycles. The van der Waals surface area contributed by atoms with Gasteiger partial charge in [-0.25, -0.2) is 0 Å². The molecule has 0 aliphatic rings. The van der Waals surface area contributed by atoms with Gasteiger partial charge in [-0.2, -0.15) is 0 Å². The van der Waals surface area contributed by atoms with Crippen molar-refractivity contribution in [3.8, 4) is 0 Å². The van der Waals surface area contributed by atoms with E-state index in [0.717, 1.165) is 12.8 Å². The van der Waals surface area contributed by atoms with Gasteiger partial charge in [0.05, 0.1) is 19.4 Å². The highest BCUT2D eigenvalue weighted by molar-refractivity contribution is 7.53. The molecule has 0 aromatic rings. The summed E-state index contributed by atoms with van der Waals surface area (Å²) < 4.78 is 23.2. The molecule has 0 aliphatic heterocycles. The van der Waals surface area contributed by atoms with Gasteiger partial charge in [-0.3, -0.25) is 4.57 Å². The van der Waals surface area contributed by atoms with Crippen molar-refractivity contribution in [2.75, 3.05) is 19.4 Å². The second-order valence-corrected chi connectivity index (χ2v) is 6.99. The van der Waals surface area contributed by atoms with Gasteiger partial charge in [0.25, 0.3) is 0 Å². The second-order valence-electron chi connectivity index (χ2n) is 4.89. The Labute approximate surface area is 107 Å². The maximum atomic E-state index is 12.5. The minimum absolute atomic E-state index is 0.212. The van der Waals surface area contributed by atoms with Crippen LogP contribution in [0.15, 0.2) is 0 Å². The average Bonchev–Trinajstić information content (AvgIpc) is 2.28. The summed E-state index contributed by atoms with van der Waals surface area (Å²) in [5.74, 6) is 0.335. The summed E-state index contributed by atoms with van der Waals surface area (Å²) in [6, 6.07) is 0. The van der Waals surface area contributed by atoms with E-state index in [2.05, 4.69) is 27.7 Å². The van der Waals surface area contributed by atoms with Gasteiger partial charge >= 0.3 is 7.60 Å². The molecule has 0 saturated carbocycles. The molecule has 0 aliphatic carbocycles. The Hall–Kier alpha value is 0.150. The van der Waals surface area contributed by atoms with Crippen LogP contribution in [0.1, 0.15) is 54.4 Å². The first-order valence-corrected chi connectivity index (χ1v) is 8.48. The minimum atomic E-state index is -2.90. The van der Waals surface area contributed by atoms with Crippen LogP contribution in [0, 0.1) is 11.3 Å². The van der Waals surface area contributed by atoms with Gasteiger partial charge in [0.1, 0.15) is 0 Å². The molecule has 0 spiro atoms. The van der Waals surface area contributed by atoms with E-state index in [-0.39, 0.29) is 5.41 Å². The largest absolute Gasteiger partial charge is 0.330 e. The van der Waals surface area contributed by atoms with Crippen molar-refractivity contribution in [1.82, 2.24) is 0 Å². The molecule has 0 fully saturated rings. The molecular weight excluding hydrogens is 235 g/mol. The van der Waals surface area contributed by atoms with Crippen LogP contribution in [-0.2, 0) is 13.6 Å². The highest BCUT2D eigenvalue weighted by atomic mass is 31.2. The Bertz CT molecular complexity index is 239. The lowest BCUT2D eigenvalue weighted by Gasteiger charge is -2.35. The van der Waals surface area contributed by atoms with E-state index in [4.69, 9.17) is 9.05 Å². The molecule has 0 N–H and O–H groups in total. The highest BCUT2D eigenvalue weighted by Gasteiger charge is 2.35. The maximum Gasteiger partial charge on any atom is 0.330 e. The zero-order chi connectivity index (χ0) is 13.5. The normalized spacial score (nSPS) is 14.9. The third-order valence-electron chi connectivity index (χ3n) is 3.95. The lowest BCUT2D eigenvalue weighted by molar-refractivity contribution is 0.174. The second kappa shape index (κ2) is 7.56. The van der Waals surface area contributed by atoms with E-state index in [1.165, 1.54) is 0 Å².